The number of anilines is 1. The van der Waals surface area contributed by atoms with Crippen LogP contribution in [0.1, 0.15) is 18.4 Å². The Hall–Kier alpha value is -0.670. The van der Waals surface area contributed by atoms with E-state index in [0.29, 0.717) is 0 Å². The highest BCUT2D eigenvalue weighted by Crippen LogP contribution is 2.31. The number of likely N-dealkylation sites (tertiary alicyclic amines) is 1. The van der Waals surface area contributed by atoms with Crippen molar-refractivity contribution in [2.75, 3.05) is 25.9 Å². The Bertz CT molecular complexity index is 357. The third kappa shape index (κ3) is 2.92. The Labute approximate surface area is 102 Å². The van der Waals surface area contributed by atoms with Crippen LogP contribution < -0.4 is 5.73 Å². The molecule has 1 heterocycles. The Balaban J connectivity index is 1.96. The zero-order valence-electron chi connectivity index (χ0n) is 10.1. The van der Waals surface area contributed by atoms with Crippen molar-refractivity contribution in [3.63, 3.8) is 0 Å². The molecule has 3 heteroatoms. The quantitative estimate of drug-likeness (QED) is 0.801. The lowest BCUT2D eigenvalue weighted by Gasteiger charge is -2.28. The highest BCUT2D eigenvalue weighted by molar-refractivity contribution is 8.00. The van der Waals surface area contributed by atoms with Crippen LogP contribution in [0.25, 0.3) is 0 Å². The molecule has 1 aromatic carbocycles. The predicted octanol–water partition coefficient (Wildman–Crippen LogP) is 2.76. The van der Waals surface area contributed by atoms with E-state index in [1.165, 1.54) is 36.4 Å². The molecule has 1 aliphatic rings. The SMILES string of the molecule is Cc1cc(SC2CCN(C)CC2)ccc1N. The number of hydrogen-bond acceptors (Lipinski definition) is 3. The lowest BCUT2D eigenvalue weighted by Crippen LogP contribution is -2.31. The number of thioether (sulfide) groups is 1. The van der Waals surface area contributed by atoms with Crippen molar-refractivity contribution in [3.05, 3.63) is 23.8 Å². The molecule has 1 fully saturated rings. The van der Waals surface area contributed by atoms with Crippen LogP contribution in [0.2, 0.25) is 0 Å². The molecule has 0 spiro atoms. The van der Waals surface area contributed by atoms with E-state index in [4.69, 9.17) is 5.73 Å². The maximum Gasteiger partial charge on any atom is 0.0344 e. The van der Waals surface area contributed by atoms with Crippen LogP contribution in [0.3, 0.4) is 0 Å². The number of benzene rings is 1. The molecule has 16 heavy (non-hydrogen) atoms. The summed E-state index contributed by atoms with van der Waals surface area (Å²) in [4.78, 5) is 3.77. The molecule has 0 amide bonds. The predicted molar refractivity (Wildman–Crippen MR) is 72.0 cm³/mol. The number of hydrogen-bond donors (Lipinski definition) is 1. The molecule has 1 saturated heterocycles. The number of nitrogens with zero attached hydrogens (tertiary/aromatic N) is 1. The van der Waals surface area contributed by atoms with Crippen molar-refractivity contribution in [1.29, 1.82) is 0 Å². The highest BCUT2D eigenvalue weighted by Gasteiger charge is 2.17. The number of nitrogens with two attached hydrogens (primary N) is 1. The third-order valence-corrected chi connectivity index (χ3v) is 4.54. The van der Waals surface area contributed by atoms with E-state index in [1.54, 1.807) is 0 Å². The lowest BCUT2D eigenvalue weighted by molar-refractivity contribution is 0.282. The summed E-state index contributed by atoms with van der Waals surface area (Å²) >= 11 is 2.01. The van der Waals surface area contributed by atoms with Crippen LogP contribution >= 0.6 is 11.8 Å². The van der Waals surface area contributed by atoms with E-state index in [0.717, 1.165) is 10.9 Å². The fraction of sp³-hybridized carbons (Fsp3) is 0.538. The van der Waals surface area contributed by atoms with E-state index >= 15 is 0 Å². The van der Waals surface area contributed by atoms with Crippen LogP contribution in [0, 0.1) is 6.92 Å². The summed E-state index contributed by atoms with van der Waals surface area (Å²) in [5.74, 6) is 0. The molecule has 0 aromatic heterocycles. The summed E-state index contributed by atoms with van der Waals surface area (Å²) < 4.78 is 0. The first kappa shape index (κ1) is 11.8. The largest absolute Gasteiger partial charge is 0.399 e. The smallest absolute Gasteiger partial charge is 0.0344 e. The fourth-order valence-electron chi connectivity index (χ4n) is 2.02. The van der Waals surface area contributed by atoms with Gasteiger partial charge in [-0.25, -0.2) is 0 Å². The zero-order chi connectivity index (χ0) is 11.5. The second-order valence-corrected chi connectivity index (χ2v) is 6.01. The molecule has 1 aliphatic heterocycles. The highest BCUT2D eigenvalue weighted by atomic mass is 32.2. The van der Waals surface area contributed by atoms with Gasteiger partial charge in [0.2, 0.25) is 0 Å². The first-order valence-electron chi connectivity index (χ1n) is 5.86. The normalized spacial score (nSPS) is 18.9. The maximum absolute atomic E-state index is 5.82. The van der Waals surface area contributed by atoms with Gasteiger partial charge in [-0.2, -0.15) is 0 Å². The van der Waals surface area contributed by atoms with Gasteiger partial charge in [0.05, 0.1) is 0 Å². The third-order valence-electron chi connectivity index (χ3n) is 3.21. The monoisotopic (exact) mass is 236 g/mol. The van der Waals surface area contributed by atoms with E-state index in [2.05, 4.69) is 31.0 Å². The van der Waals surface area contributed by atoms with E-state index in [-0.39, 0.29) is 0 Å². The van der Waals surface area contributed by atoms with Gasteiger partial charge in [0.15, 0.2) is 0 Å². The van der Waals surface area contributed by atoms with E-state index < -0.39 is 0 Å². The van der Waals surface area contributed by atoms with Crippen LogP contribution in [-0.4, -0.2) is 30.3 Å². The molecule has 2 N–H and O–H groups in total. The van der Waals surface area contributed by atoms with Gasteiger partial charge in [-0.05, 0) is 63.7 Å². The Kier molecular flexibility index (Phi) is 3.77. The van der Waals surface area contributed by atoms with Gasteiger partial charge in [-0.1, -0.05) is 0 Å². The van der Waals surface area contributed by atoms with E-state index in [1.807, 2.05) is 17.8 Å². The van der Waals surface area contributed by atoms with Gasteiger partial charge < -0.3 is 10.6 Å². The van der Waals surface area contributed by atoms with Gasteiger partial charge in [0.25, 0.3) is 0 Å². The van der Waals surface area contributed by atoms with Crippen LogP contribution in [0.15, 0.2) is 23.1 Å². The van der Waals surface area contributed by atoms with Crippen LogP contribution in [0.4, 0.5) is 5.69 Å². The summed E-state index contributed by atoms with van der Waals surface area (Å²) in [5, 5.41) is 0.777. The van der Waals surface area contributed by atoms with Crippen molar-refractivity contribution >= 4 is 17.4 Å². The van der Waals surface area contributed by atoms with Crippen LogP contribution in [0.5, 0.6) is 0 Å². The Morgan fingerprint density at radius 1 is 1.31 bits per heavy atom. The van der Waals surface area contributed by atoms with Crippen molar-refractivity contribution < 1.29 is 0 Å². The Morgan fingerprint density at radius 3 is 2.62 bits per heavy atom. The molecule has 2 nitrogen and oxygen atoms in total. The standard InChI is InChI=1S/C13H20N2S/c1-10-9-12(3-4-13(10)14)16-11-5-7-15(2)8-6-11/h3-4,9,11H,5-8,14H2,1-2H3. The molecular formula is C13H20N2S. The summed E-state index contributed by atoms with van der Waals surface area (Å²) in [5.41, 5.74) is 7.91. The maximum atomic E-state index is 5.82. The van der Waals surface area contributed by atoms with Gasteiger partial charge >= 0.3 is 0 Å². The summed E-state index contributed by atoms with van der Waals surface area (Å²) in [6, 6.07) is 6.37. The number of nitrogen functional groups attached to an aromatic ring is 1. The summed E-state index contributed by atoms with van der Waals surface area (Å²) in [6.45, 7) is 4.53. The number of rotatable bonds is 2. The molecule has 1 aromatic rings. The van der Waals surface area contributed by atoms with Crippen molar-refractivity contribution in [3.8, 4) is 0 Å². The molecule has 0 aliphatic carbocycles. The van der Waals surface area contributed by atoms with Gasteiger partial charge in [0, 0.05) is 15.8 Å². The molecule has 0 atom stereocenters. The molecule has 2 rings (SSSR count). The average Bonchev–Trinajstić information content (AvgIpc) is 2.27. The van der Waals surface area contributed by atoms with Crippen LogP contribution in [-0.2, 0) is 0 Å². The van der Waals surface area contributed by atoms with Crippen molar-refractivity contribution in [2.24, 2.45) is 0 Å². The lowest BCUT2D eigenvalue weighted by atomic mass is 10.1. The summed E-state index contributed by atoms with van der Waals surface area (Å²) in [6.07, 6.45) is 2.59. The van der Waals surface area contributed by atoms with Crippen molar-refractivity contribution in [2.45, 2.75) is 29.9 Å². The molecule has 0 bridgehead atoms. The average molecular weight is 236 g/mol. The van der Waals surface area contributed by atoms with Gasteiger partial charge in [-0.15, -0.1) is 11.8 Å². The minimum Gasteiger partial charge on any atom is -0.399 e. The molecular weight excluding hydrogens is 216 g/mol. The van der Waals surface area contributed by atoms with E-state index in [9.17, 15) is 0 Å². The molecule has 0 radical (unpaired) electrons. The Morgan fingerprint density at radius 2 is 2.00 bits per heavy atom. The number of aryl methyl sites for hydroxylation is 1. The first-order chi connectivity index (χ1) is 7.65. The van der Waals surface area contributed by atoms with Gasteiger partial charge in [-0.3, -0.25) is 0 Å². The first-order valence-corrected chi connectivity index (χ1v) is 6.74. The molecule has 88 valence electrons. The van der Waals surface area contributed by atoms with Gasteiger partial charge in [0.1, 0.15) is 0 Å². The zero-order valence-corrected chi connectivity index (χ0v) is 10.9. The molecule has 0 saturated carbocycles. The second-order valence-electron chi connectivity index (χ2n) is 4.64. The summed E-state index contributed by atoms with van der Waals surface area (Å²) in [7, 11) is 2.20. The molecule has 0 unspecified atom stereocenters. The number of piperidine rings is 1. The fourth-order valence-corrected chi connectivity index (χ4v) is 3.24. The minimum absolute atomic E-state index is 0.777. The van der Waals surface area contributed by atoms with Crippen molar-refractivity contribution in [1.82, 2.24) is 4.90 Å². The topological polar surface area (TPSA) is 29.3 Å². The second kappa shape index (κ2) is 5.11. The minimum atomic E-state index is 0.777.